The monoisotopic (exact) mass is 264 g/mol. The predicted molar refractivity (Wildman–Crippen MR) is 76.3 cm³/mol. The molecule has 0 spiro atoms. The van der Waals surface area contributed by atoms with Gasteiger partial charge in [-0.3, -0.25) is 0 Å². The van der Waals surface area contributed by atoms with Crippen LogP contribution in [0, 0.1) is 17.3 Å². The summed E-state index contributed by atoms with van der Waals surface area (Å²) < 4.78 is 12.8. The molecule has 1 atom stereocenters. The number of aliphatic hydroxyl groups is 1. The highest BCUT2D eigenvalue weighted by Gasteiger charge is 2.24. The lowest BCUT2D eigenvalue weighted by Gasteiger charge is -2.20. The summed E-state index contributed by atoms with van der Waals surface area (Å²) in [6.07, 6.45) is -0.804. The molecule has 0 radical (unpaired) electrons. The van der Waals surface area contributed by atoms with Crippen LogP contribution < -0.4 is 0 Å². The molecular weight excluding hydrogens is 243 g/mol. The van der Waals surface area contributed by atoms with Crippen LogP contribution in [0.3, 0.4) is 0 Å². The summed E-state index contributed by atoms with van der Waals surface area (Å²) in [4.78, 5) is 0. The lowest BCUT2D eigenvalue weighted by Crippen LogP contribution is -2.29. The van der Waals surface area contributed by atoms with E-state index in [4.69, 9.17) is 0 Å². The minimum atomic E-state index is -1.52. The molecule has 3 heteroatoms. The van der Waals surface area contributed by atoms with E-state index < -0.39 is 14.2 Å². The number of halogens is 1. The van der Waals surface area contributed by atoms with Gasteiger partial charge in [-0.05, 0) is 35.8 Å². The highest BCUT2D eigenvalue weighted by molar-refractivity contribution is 6.87. The summed E-state index contributed by atoms with van der Waals surface area (Å²) in [6.45, 7) is 6.54. The topological polar surface area (TPSA) is 20.2 Å². The fourth-order valence-corrected chi connectivity index (χ4v) is 4.44. The third-order valence-electron chi connectivity index (χ3n) is 3.69. The molecule has 0 heterocycles. The van der Waals surface area contributed by atoms with E-state index in [1.807, 2.05) is 0 Å². The van der Waals surface area contributed by atoms with E-state index in [9.17, 15) is 9.50 Å². The molecular formula is C15H21FOSi. The van der Waals surface area contributed by atoms with E-state index in [2.05, 4.69) is 32.2 Å². The van der Waals surface area contributed by atoms with Crippen LogP contribution in [0.15, 0.2) is 24.3 Å². The average molecular weight is 264 g/mol. The predicted octanol–water partition coefficient (Wildman–Crippen LogP) is 3.91. The van der Waals surface area contributed by atoms with Crippen molar-refractivity contribution in [3.8, 4) is 11.5 Å². The maximum atomic E-state index is 12.8. The molecule has 0 aliphatic rings. The van der Waals surface area contributed by atoms with Crippen molar-refractivity contribution in [2.75, 3.05) is 0 Å². The molecule has 18 heavy (non-hydrogen) atoms. The first kappa shape index (κ1) is 14.9. The maximum absolute atomic E-state index is 12.8. The lowest BCUT2D eigenvalue weighted by atomic mass is 10.1. The second-order valence-electron chi connectivity index (χ2n) is 4.56. The zero-order chi connectivity index (χ0) is 13.6. The first-order valence-electron chi connectivity index (χ1n) is 6.53. The van der Waals surface area contributed by atoms with Crippen LogP contribution in [0.5, 0.6) is 0 Å². The molecule has 0 aromatic heterocycles. The van der Waals surface area contributed by atoms with Crippen molar-refractivity contribution in [2.24, 2.45) is 0 Å². The van der Waals surface area contributed by atoms with Crippen molar-refractivity contribution in [1.82, 2.24) is 0 Å². The quantitative estimate of drug-likeness (QED) is 0.646. The molecule has 0 unspecified atom stereocenters. The first-order chi connectivity index (χ1) is 8.56. The molecule has 98 valence electrons. The van der Waals surface area contributed by atoms with Crippen LogP contribution >= 0.6 is 0 Å². The van der Waals surface area contributed by atoms with E-state index in [1.54, 1.807) is 12.1 Å². The van der Waals surface area contributed by atoms with E-state index in [0.717, 1.165) is 18.1 Å². The summed E-state index contributed by atoms with van der Waals surface area (Å²) >= 11 is 0. The zero-order valence-electron chi connectivity index (χ0n) is 11.3. The van der Waals surface area contributed by atoms with Crippen molar-refractivity contribution in [1.29, 1.82) is 0 Å². The minimum Gasteiger partial charge on any atom is -0.376 e. The van der Waals surface area contributed by atoms with Gasteiger partial charge in [0.05, 0.1) is 0 Å². The van der Waals surface area contributed by atoms with Crippen LogP contribution in [0.2, 0.25) is 18.1 Å². The standard InChI is InChI=1S/C15H21FOSi/c1-4-18(5-2,6-3)12-11-15(17)13-7-9-14(16)10-8-13/h7-10,15,17H,4-6H2,1-3H3/t15-/m0/s1. The highest BCUT2D eigenvalue weighted by Crippen LogP contribution is 2.20. The van der Waals surface area contributed by atoms with Gasteiger partial charge in [0.1, 0.15) is 20.0 Å². The zero-order valence-corrected chi connectivity index (χ0v) is 12.3. The van der Waals surface area contributed by atoms with Gasteiger partial charge >= 0.3 is 0 Å². The molecule has 1 rings (SSSR count). The Kier molecular flexibility index (Phi) is 5.58. The first-order valence-corrected chi connectivity index (χ1v) is 9.15. The Labute approximate surface area is 110 Å². The van der Waals surface area contributed by atoms with Crippen molar-refractivity contribution < 1.29 is 9.50 Å². The molecule has 0 saturated heterocycles. The Morgan fingerprint density at radius 1 is 1.11 bits per heavy atom. The third-order valence-corrected chi connectivity index (χ3v) is 8.43. The van der Waals surface area contributed by atoms with Crippen molar-refractivity contribution in [3.05, 3.63) is 35.6 Å². The van der Waals surface area contributed by atoms with Crippen LogP contribution in [0.4, 0.5) is 4.39 Å². The van der Waals surface area contributed by atoms with Crippen LogP contribution in [-0.2, 0) is 0 Å². The van der Waals surface area contributed by atoms with Gasteiger partial charge in [-0.2, -0.15) is 0 Å². The number of hydrogen-bond donors (Lipinski definition) is 1. The summed E-state index contributed by atoms with van der Waals surface area (Å²) in [7, 11) is -1.52. The van der Waals surface area contributed by atoms with Gasteiger partial charge in [-0.15, -0.1) is 5.54 Å². The summed E-state index contributed by atoms with van der Waals surface area (Å²) in [6, 6.07) is 9.22. The Balaban J connectivity index is 2.87. The molecule has 0 aliphatic heterocycles. The van der Waals surface area contributed by atoms with Gasteiger partial charge in [-0.25, -0.2) is 4.39 Å². The van der Waals surface area contributed by atoms with Gasteiger partial charge in [0.2, 0.25) is 0 Å². The molecule has 1 nitrogen and oxygen atoms in total. The number of rotatable bonds is 4. The van der Waals surface area contributed by atoms with Gasteiger partial charge < -0.3 is 5.11 Å². The fraction of sp³-hybridized carbons (Fsp3) is 0.467. The minimum absolute atomic E-state index is 0.293. The fourth-order valence-electron chi connectivity index (χ4n) is 1.97. The van der Waals surface area contributed by atoms with Gasteiger partial charge in [-0.1, -0.05) is 38.8 Å². The highest BCUT2D eigenvalue weighted by atomic mass is 28.3. The van der Waals surface area contributed by atoms with Gasteiger partial charge in [0.15, 0.2) is 0 Å². The second-order valence-corrected chi connectivity index (χ2v) is 9.50. The number of hydrogen-bond acceptors (Lipinski definition) is 1. The summed E-state index contributed by atoms with van der Waals surface area (Å²) in [5.74, 6) is 2.66. The molecule has 0 fully saturated rings. The van der Waals surface area contributed by atoms with Crippen molar-refractivity contribution in [3.63, 3.8) is 0 Å². The Morgan fingerprint density at radius 3 is 2.06 bits per heavy atom. The third kappa shape index (κ3) is 3.69. The van der Waals surface area contributed by atoms with E-state index in [1.165, 1.54) is 12.1 Å². The van der Waals surface area contributed by atoms with Crippen LogP contribution in [0.25, 0.3) is 0 Å². The number of benzene rings is 1. The summed E-state index contributed by atoms with van der Waals surface area (Å²) in [5, 5.41) is 9.99. The van der Waals surface area contributed by atoms with Crippen molar-refractivity contribution in [2.45, 2.75) is 45.0 Å². The molecule has 0 bridgehead atoms. The molecule has 1 aromatic rings. The van der Waals surface area contributed by atoms with Gasteiger partial charge in [0, 0.05) is 0 Å². The van der Waals surface area contributed by atoms with Crippen LogP contribution in [-0.4, -0.2) is 13.2 Å². The van der Waals surface area contributed by atoms with Gasteiger partial charge in [0.25, 0.3) is 0 Å². The molecule has 0 aliphatic carbocycles. The Morgan fingerprint density at radius 2 is 1.61 bits per heavy atom. The lowest BCUT2D eigenvalue weighted by molar-refractivity contribution is 0.238. The Hall–Kier alpha value is -1.11. The maximum Gasteiger partial charge on any atom is 0.139 e. The van der Waals surface area contributed by atoms with E-state index >= 15 is 0 Å². The van der Waals surface area contributed by atoms with E-state index in [0.29, 0.717) is 5.56 Å². The Bertz CT molecular complexity index is 418. The average Bonchev–Trinajstić information content (AvgIpc) is 2.41. The molecule has 1 N–H and O–H groups in total. The SMILES string of the molecule is CC[Si](C#C[C@H](O)c1ccc(F)cc1)(CC)CC. The largest absolute Gasteiger partial charge is 0.376 e. The molecule has 0 saturated carbocycles. The molecule has 0 amide bonds. The van der Waals surface area contributed by atoms with Crippen LogP contribution in [0.1, 0.15) is 32.4 Å². The normalized spacial score (nSPS) is 12.7. The summed E-state index contributed by atoms with van der Waals surface area (Å²) in [5.41, 5.74) is 4.00. The number of aliphatic hydroxyl groups excluding tert-OH is 1. The van der Waals surface area contributed by atoms with E-state index in [-0.39, 0.29) is 5.82 Å². The second kappa shape index (κ2) is 6.72. The smallest absolute Gasteiger partial charge is 0.139 e. The molecule has 1 aromatic carbocycles. The van der Waals surface area contributed by atoms with Crippen molar-refractivity contribution >= 4 is 8.07 Å².